The van der Waals surface area contributed by atoms with E-state index in [-0.39, 0.29) is 5.91 Å². The Morgan fingerprint density at radius 3 is 2.77 bits per heavy atom. The van der Waals surface area contributed by atoms with Crippen LogP contribution in [-0.4, -0.2) is 36.4 Å². The van der Waals surface area contributed by atoms with E-state index < -0.39 is 0 Å². The van der Waals surface area contributed by atoms with Crippen molar-refractivity contribution in [2.75, 3.05) is 31.3 Å². The summed E-state index contributed by atoms with van der Waals surface area (Å²) in [6.07, 6.45) is 1.77. The van der Waals surface area contributed by atoms with Gasteiger partial charge in [0, 0.05) is 22.4 Å². The van der Waals surface area contributed by atoms with Crippen LogP contribution in [-0.2, 0) is 11.3 Å². The van der Waals surface area contributed by atoms with Crippen LogP contribution < -0.4 is 10.6 Å². The highest BCUT2D eigenvalue weighted by atomic mass is 35.5. The van der Waals surface area contributed by atoms with Crippen LogP contribution >= 0.6 is 22.9 Å². The van der Waals surface area contributed by atoms with Crippen molar-refractivity contribution < 1.29 is 4.79 Å². The van der Waals surface area contributed by atoms with Crippen LogP contribution in [0.4, 0.5) is 11.4 Å². The number of halogens is 1. The highest BCUT2D eigenvalue weighted by Gasteiger charge is 2.07. The predicted molar refractivity (Wildman–Crippen MR) is 92.8 cm³/mol. The first-order chi connectivity index (χ1) is 10.4. The Hall–Kier alpha value is -1.63. The molecular weight excluding hydrogens is 320 g/mol. The molecule has 1 amide bonds. The largest absolute Gasteiger partial charge is 0.380 e. The van der Waals surface area contributed by atoms with E-state index in [0.717, 1.165) is 21.8 Å². The second kappa shape index (κ2) is 7.58. The Bertz CT molecular complexity index is 657. The maximum absolute atomic E-state index is 11.8. The van der Waals surface area contributed by atoms with Gasteiger partial charge in [0.15, 0.2) is 4.47 Å². The predicted octanol–water partition coefficient (Wildman–Crippen LogP) is 3.22. The standard InChI is InChI=1S/C15H19ClN4OS/c1-10-6-11(17-7-12-8-18-15(16)22-12)4-5-13(10)19-14(21)9-20(2)3/h4-6,8,17H,7,9H2,1-3H3,(H,19,21). The van der Waals surface area contributed by atoms with Crippen molar-refractivity contribution in [1.82, 2.24) is 9.88 Å². The zero-order chi connectivity index (χ0) is 16.1. The van der Waals surface area contributed by atoms with E-state index in [1.807, 2.05) is 44.1 Å². The fraction of sp³-hybridized carbons (Fsp3) is 0.333. The van der Waals surface area contributed by atoms with Crippen molar-refractivity contribution in [3.63, 3.8) is 0 Å². The molecule has 118 valence electrons. The number of carbonyl (C=O) groups excluding carboxylic acids is 1. The maximum Gasteiger partial charge on any atom is 0.238 e. The van der Waals surface area contributed by atoms with Crippen LogP contribution in [0.25, 0.3) is 0 Å². The fourth-order valence-electron chi connectivity index (χ4n) is 1.95. The van der Waals surface area contributed by atoms with Gasteiger partial charge in [-0.05, 0) is 44.8 Å². The number of nitrogens with one attached hydrogen (secondary N) is 2. The Morgan fingerprint density at radius 2 is 2.18 bits per heavy atom. The van der Waals surface area contributed by atoms with Gasteiger partial charge in [0.2, 0.25) is 5.91 Å². The molecule has 2 rings (SSSR count). The molecular formula is C15H19ClN4OS. The molecule has 0 bridgehead atoms. The van der Waals surface area contributed by atoms with Crippen LogP contribution in [0.2, 0.25) is 4.47 Å². The van der Waals surface area contributed by atoms with Gasteiger partial charge in [0.25, 0.3) is 0 Å². The lowest BCUT2D eigenvalue weighted by molar-refractivity contribution is -0.116. The lowest BCUT2D eigenvalue weighted by Gasteiger charge is -2.13. The van der Waals surface area contributed by atoms with Crippen molar-refractivity contribution in [3.05, 3.63) is 39.3 Å². The number of benzene rings is 1. The Kier molecular flexibility index (Phi) is 5.76. The number of carbonyl (C=O) groups is 1. The third-order valence-corrected chi connectivity index (χ3v) is 4.07. The number of thiazole rings is 1. The molecule has 0 aliphatic carbocycles. The molecule has 2 N–H and O–H groups in total. The van der Waals surface area contributed by atoms with Gasteiger partial charge < -0.3 is 15.5 Å². The van der Waals surface area contributed by atoms with Crippen LogP contribution in [0.1, 0.15) is 10.4 Å². The monoisotopic (exact) mass is 338 g/mol. The first kappa shape index (κ1) is 16.7. The van der Waals surface area contributed by atoms with E-state index >= 15 is 0 Å². The molecule has 1 aromatic heterocycles. The Balaban J connectivity index is 1.95. The number of rotatable bonds is 6. The lowest BCUT2D eigenvalue weighted by atomic mass is 10.1. The summed E-state index contributed by atoms with van der Waals surface area (Å²) in [6, 6.07) is 5.86. The number of aromatic nitrogens is 1. The van der Waals surface area contributed by atoms with E-state index in [1.54, 1.807) is 6.20 Å². The highest BCUT2D eigenvalue weighted by molar-refractivity contribution is 7.15. The normalized spacial score (nSPS) is 10.8. The molecule has 1 aromatic carbocycles. The summed E-state index contributed by atoms with van der Waals surface area (Å²) in [6.45, 7) is 3.02. The van der Waals surface area contributed by atoms with Crippen molar-refractivity contribution in [3.8, 4) is 0 Å². The summed E-state index contributed by atoms with van der Waals surface area (Å²) in [5, 5.41) is 6.23. The molecule has 1 heterocycles. The number of amides is 1. The maximum atomic E-state index is 11.8. The Labute approximate surface area is 139 Å². The second-order valence-electron chi connectivity index (χ2n) is 5.25. The Morgan fingerprint density at radius 1 is 1.41 bits per heavy atom. The van der Waals surface area contributed by atoms with Crippen LogP contribution in [0, 0.1) is 6.92 Å². The summed E-state index contributed by atoms with van der Waals surface area (Å²) in [7, 11) is 3.73. The molecule has 5 nitrogen and oxygen atoms in total. The SMILES string of the molecule is Cc1cc(NCc2cnc(Cl)s2)ccc1NC(=O)CN(C)C. The first-order valence-corrected chi connectivity index (χ1v) is 8.03. The zero-order valence-electron chi connectivity index (χ0n) is 12.8. The molecule has 22 heavy (non-hydrogen) atoms. The smallest absolute Gasteiger partial charge is 0.238 e. The lowest BCUT2D eigenvalue weighted by Crippen LogP contribution is -2.27. The van der Waals surface area contributed by atoms with E-state index in [4.69, 9.17) is 11.6 Å². The van der Waals surface area contributed by atoms with Gasteiger partial charge in [-0.15, -0.1) is 11.3 Å². The molecule has 0 atom stereocenters. The summed E-state index contributed by atoms with van der Waals surface area (Å²) < 4.78 is 0.548. The topological polar surface area (TPSA) is 57.3 Å². The first-order valence-electron chi connectivity index (χ1n) is 6.83. The number of likely N-dealkylation sites (N-methyl/N-ethyl adjacent to an activating group) is 1. The molecule has 0 radical (unpaired) electrons. The van der Waals surface area contributed by atoms with E-state index in [0.29, 0.717) is 17.6 Å². The molecule has 0 aliphatic heterocycles. The summed E-state index contributed by atoms with van der Waals surface area (Å²) in [5.41, 5.74) is 2.84. The molecule has 0 spiro atoms. The van der Waals surface area contributed by atoms with Gasteiger partial charge >= 0.3 is 0 Å². The van der Waals surface area contributed by atoms with Crippen LogP contribution in [0.15, 0.2) is 24.4 Å². The minimum absolute atomic E-state index is 0.0203. The van der Waals surface area contributed by atoms with Gasteiger partial charge in [-0.3, -0.25) is 4.79 Å². The molecule has 0 aliphatic rings. The van der Waals surface area contributed by atoms with Crippen molar-refractivity contribution in [2.45, 2.75) is 13.5 Å². The quantitative estimate of drug-likeness (QED) is 0.849. The van der Waals surface area contributed by atoms with Crippen molar-refractivity contribution in [1.29, 1.82) is 0 Å². The second-order valence-corrected chi connectivity index (χ2v) is 6.95. The van der Waals surface area contributed by atoms with Gasteiger partial charge in [-0.2, -0.15) is 0 Å². The number of nitrogens with zero attached hydrogens (tertiary/aromatic N) is 2. The van der Waals surface area contributed by atoms with E-state index in [9.17, 15) is 4.79 Å². The number of aryl methyl sites for hydroxylation is 1. The van der Waals surface area contributed by atoms with Crippen LogP contribution in [0.5, 0.6) is 0 Å². The van der Waals surface area contributed by atoms with E-state index in [2.05, 4.69) is 15.6 Å². The third-order valence-electron chi connectivity index (χ3n) is 2.95. The molecule has 0 saturated carbocycles. The molecule has 7 heteroatoms. The van der Waals surface area contributed by atoms with Gasteiger partial charge in [-0.25, -0.2) is 4.98 Å². The average Bonchev–Trinajstić information content (AvgIpc) is 2.84. The molecule has 0 unspecified atom stereocenters. The number of hydrogen-bond donors (Lipinski definition) is 2. The fourth-order valence-corrected chi connectivity index (χ4v) is 2.86. The number of anilines is 2. The molecule has 0 saturated heterocycles. The van der Waals surface area contributed by atoms with Crippen LogP contribution in [0.3, 0.4) is 0 Å². The van der Waals surface area contributed by atoms with Crippen molar-refractivity contribution in [2.24, 2.45) is 0 Å². The summed E-state index contributed by atoms with van der Waals surface area (Å²) in [5.74, 6) is -0.0203. The minimum Gasteiger partial charge on any atom is -0.380 e. The summed E-state index contributed by atoms with van der Waals surface area (Å²) >= 11 is 7.27. The highest BCUT2D eigenvalue weighted by Crippen LogP contribution is 2.22. The molecule has 0 fully saturated rings. The zero-order valence-corrected chi connectivity index (χ0v) is 14.4. The van der Waals surface area contributed by atoms with E-state index in [1.165, 1.54) is 11.3 Å². The van der Waals surface area contributed by atoms with Gasteiger partial charge in [0.05, 0.1) is 13.1 Å². The number of hydrogen-bond acceptors (Lipinski definition) is 5. The van der Waals surface area contributed by atoms with Gasteiger partial charge in [-0.1, -0.05) is 11.6 Å². The minimum atomic E-state index is -0.0203. The van der Waals surface area contributed by atoms with Gasteiger partial charge in [0.1, 0.15) is 0 Å². The summed E-state index contributed by atoms with van der Waals surface area (Å²) in [4.78, 5) is 18.7. The van der Waals surface area contributed by atoms with Crippen molar-refractivity contribution >= 4 is 40.2 Å². The third kappa shape index (κ3) is 4.98. The average molecular weight is 339 g/mol. The molecule has 2 aromatic rings.